The highest BCUT2D eigenvalue weighted by atomic mass is 127. The lowest BCUT2D eigenvalue weighted by Gasteiger charge is -2.32. The minimum absolute atomic E-state index is 0.0828. The van der Waals surface area contributed by atoms with Crippen LogP contribution in [-0.2, 0) is 26.2 Å². The summed E-state index contributed by atoms with van der Waals surface area (Å²) in [5.41, 5.74) is 2.34. The van der Waals surface area contributed by atoms with Gasteiger partial charge in [0, 0.05) is 16.2 Å². The first-order valence-electron chi connectivity index (χ1n) is 10.3. The van der Waals surface area contributed by atoms with Crippen LogP contribution in [0.25, 0.3) is 0 Å². The quantitative estimate of drug-likeness (QED) is 0.468. The van der Waals surface area contributed by atoms with Gasteiger partial charge in [-0.1, -0.05) is 29.8 Å². The van der Waals surface area contributed by atoms with Crippen molar-refractivity contribution in [2.24, 2.45) is 0 Å². The largest absolute Gasteiger partial charge is 0.352 e. The topological polar surface area (TPSA) is 86.8 Å². The summed E-state index contributed by atoms with van der Waals surface area (Å²) in [5.74, 6) is -0.749. The van der Waals surface area contributed by atoms with E-state index in [0.29, 0.717) is 5.69 Å². The molecule has 0 saturated heterocycles. The Morgan fingerprint density at radius 2 is 1.56 bits per heavy atom. The van der Waals surface area contributed by atoms with Crippen LogP contribution in [0.3, 0.4) is 0 Å². The molecule has 0 heterocycles. The van der Waals surface area contributed by atoms with Gasteiger partial charge in [0.25, 0.3) is 0 Å². The predicted molar refractivity (Wildman–Crippen MR) is 136 cm³/mol. The summed E-state index contributed by atoms with van der Waals surface area (Å²) >= 11 is 2.13. The van der Waals surface area contributed by atoms with Gasteiger partial charge in [-0.15, -0.1) is 0 Å². The average molecular weight is 571 g/mol. The van der Waals surface area contributed by atoms with Gasteiger partial charge in [-0.05, 0) is 80.1 Å². The van der Waals surface area contributed by atoms with Gasteiger partial charge in [0.15, 0.2) is 0 Å². The van der Waals surface area contributed by atoms with E-state index in [9.17, 15) is 18.0 Å². The summed E-state index contributed by atoms with van der Waals surface area (Å²) < 4.78 is 27.0. The standard InChI is InChI=1S/C23H30IN3O4S/c1-16(2)25-23(29)18(4)26(14-19-8-6-17(3)7-9-19)22(28)15-27(32(5,30)31)21-12-10-20(24)11-13-21/h6-13,16,18H,14-15H2,1-5H3,(H,25,29)/t18-/m0/s1. The van der Waals surface area contributed by atoms with E-state index in [4.69, 9.17) is 0 Å². The number of carbonyl (C=O) groups is 2. The minimum atomic E-state index is -3.72. The van der Waals surface area contributed by atoms with Crippen molar-refractivity contribution in [3.05, 3.63) is 63.2 Å². The SMILES string of the molecule is Cc1ccc(CN(C(=O)CN(c2ccc(I)cc2)S(C)(=O)=O)[C@@H](C)C(=O)NC(C)C)cc1. The Kier molecular flexibility index (Phi) is 9.08. The third kappa shape index (κ3) is 7.47. The highest BCUT2D eigenvalue weighted by Gasteiger charge is 2.30. The molecule has 0 aliphatic carbocycles. The number of nitrogens with one attached hydrogen (secondary N) is 1. The molecule has 0 aliphatic heterocycles. The van der Waals surface area contributed by atoms with Crippen molar-refractivity contribution >= 4 is 50.1 Å². The summed E-state index contributed by atoms with van der Waals surface area (Å²) in [4.78, 5) is 27.5. The van der Waals surface area contributed by atoms with Gasteiger partial charge < -0.3 is 10.2 Å². The molecule has 0 spiro atoms. The van der Waals surface area contributed by atoms with Crippen molar-refractivity contribution in [2.45, 2.75) is 46.3 Å². The Hall–Kier alpha value is -2.14. The number of halogens is 1. The van der Waals surface area contributed by atoms with E-state index >= 15 is 0 Å². The van der Waals surface area contributed by atoms with E-state index in [1.165, 1.54) is 4.90 Å². The molecule has 9 heteroatoms. The Balaban J connectivity index is 2.36. The molecular formula is C23H30IN3O4S. The number of carbonyl (C=O) groups excluding carboxylic acids is 2. The molecule has 1 atom stereocenters. The molecule has 0 aromatic heterocycles. The number of hydrogen-bond donors (Lipinski definition) is 1. The van der Waals surface area contributed by atoms with E-state index in [1.54, 1.807) is 31.2 Å². The van der Waals surface area contributed by atoms with E-state index in [0.717, 1.165) is 25.3 Å². The predicted octanol–water partition coefficient (Wildman–Crippen LogP) is 3.31. The molecule has 2 amide bonds. The highest BCUT2D eigenvalue weighted by Crippen LogP contribution is 2.20. The third-order valence-corrected chi connectivity index (χ3v) is 6.73. The average Bonchev–Trinajstić information content (AvgIpc) is 2.70. The van der Waals surface area contributed by atoms with Crippen LogP contribution in [0.5, 0.6) is 0 Å². The third-order valence-electron chi connectivity index (χ3n) is 4.87. The number of amides is 2. The molecule has 7 nitrogen and oxygen atoms in total. The van der Waals surface area contributed by atoms with E-state index < -0.39 is 28.5 Å². The van der Waals surface area contributed by atoms with Gasteiger partial charge in [0.2, 0.25) is 21.8 Å². The lowest BCUT2D eigenvalue weighted by atomic mass is 10.1. The first kappa shape index (κ1) is 26.1. The van der Waals surface area contributed by atoms with Crippen molar-refractivity contribution in [1.82, 2.24) is 10.2 Å². The highest BCUT2D eigenvalue weighted by molar-refractivity contribution is 14.1. The summed E-state index contributed by atoms with van der Waals surface area (Å²) in [6, 6.07) is 13.7. The van der Waals surface area contributed by atoms with Gasteiger partial charge in [0.05, 0.1) is 11.9 Å². The lowest BCUT2D eigenvalue weighted by molar-refractivity contribution is -0.139. The summed E-state index contributed by atoms with van der Waals surface area (Å²) in [7, 11) is -3.72. The molecule has 0 aliphatic rings. The first-order chi connectivity index (χ1) is 14.9. The van der Waals surface area contributed by atoms with Crippen LogP contribution >= 0.6 is 22.6 Å². The molecule has 2 rings (SSSR count). The van der Waals surface area contributed by atoms with Gasteiger partial charge in [-0.2, -0.15) is 0 Å². The molecule has 0 fully saturated rings. The number of sulfonamides is 1. The second-order valence-electron chi connectivity index (χ2n) is 8.09. The number of aryl methyl sites for hydroxylation is 1. The zero-order valence-electron chi connectivity index (χ0n) is 19.0. The summed E-state index contributed by atoms with van der Waals surface area (Å²) in [5, 5.41) is 2.83. The minimum Gasteiger partial charge on any atom is -0.352 e. The number of hydrogen-bond acceptors (Lipinski definition) is 4. The van der Waals surface area contributed by atoms with Gasteiger partial charge in [0.1, 0.15) is 12.6 Å². The zero-order valence-corrected chi connectivity index (χ0v) is 22.0. The number of nitrogens with zero attached hydrogens (tertiary/aromatic N) is 2. The molecular weight excluding hydrogens is 541 g/mol. The molecule has 1 N–H and O–H groups in total. The maximum absolute atomic E-state index is 13.4. The second-order valence-corrected chi connectivity index (χ2v) is 11.2. The summed E-state index contributed by atoms with van der Waals surface area (Å²) in [6.07, 6.45) is 1.07. The van der Waals surface area contributed by atoms with Gasteiger partial charge in [-0.3, -0.25) is 13.9 Å². The fraction of sp³-hybridized carbons (Fsp3) is 0.391. The zero-order chi connectivity index (χ0) is 24.1. The smallest absolute Gasteiger partial charge is 0.244 e. The first-order valence-corrected chi connectivity index (χ1v) is 13.2. The Morgan fingerprint density at radius 1 is 1.00 bits per heavy atom. The number of benzene rings is 2. The van der Waals surface area contributed by atoms with Crippen molar-refractivity contribution in [3.63, 3.8) is 0 Å². The van der Waals surface area contributed by atoms with Crippen molar-refractivity contribution in [2.75, 3.05) is 17.1 Å². The number of rotatable bonds is 9. The fourth-order valence-corrected chi connectivity index (χ4v) is 4.31. The molecule has 32 heavy (non-hydrogen) atoms. The van der Waals surface area contributed by atoms with Crippen molar-refractivity contribution in [1.29, 1.82) is 0 Å². The van der Waals surface area contributed by atoms with Crippen LogP contribution in [0.1, 0.15) is 31.9 Å². The fourth-order valence-electron chi connectivity index (χ4n) is 3.10. The molecule has 0 saturated carbocycles. The second kappa shape index (κ2) is 11.1. The Morgan fingerprint density at radius 3 is 2.06 bits per heavy atom. The van der Waals surface area contributed by atoms with Crippen LogP contribution in [0.2, 0.25) is 0 Å². The monoisotopic (exact) mass is 571 g/mol. The van der Waals surface area contributed by atoms with E-state index in [1.807, 2.05) is 45.0 Å². The van der Waals surface area contributed by atoms with E-state index in [2.05, 4.69) is 27.9 Å². The molecule has 0 bridgehead atoms. The van der Waals surface area contributed by atoms with Crippen LogP contribution in [0.4, 0.5) is 5.69 Å². The molecule has 0 unspecified atom stereocenters. The van der Waals surface area contributed by atoms with Crippen LogP contribution < -0.4 is 9.62 Å². The van der Waals surface area contributed by atoms with Gasteiger partial charge in [-0.25, -0.2) is 8.42 Å². The molecule has 174 valence electrons. The maximum Gasteiger partial charge on any atom is 0.244 e. The Labute approximate surface area is 204 Å². The number of anilines is 1. The lowest BCUT2D eigenvalue weighted by Crippen LogP contribution is -2.52. The molecule has 2 aromatic rings. The van der Waals surface area contributed by atoms with E-state index in [-0.39, 0.29) is 18.5 Å². The molecule has 0 radical (unpaired) electrons. The normalized spacial score (nSPS) is 12.3. The Bertz CT molecular complexity index is 1040. The van der Waals surface area contributed by atoms with Crippen molar-refractivity contribution in [3.8, 4) is 0 Å². The van der Waals surface area contributed by atoms with Gasteiger partial charge >= 0.3 is 0 Å². The summed E-state index contributed by atoms with van der Waals surface area (Å²) in [6.45, 7) is 7.11. The van der Waals surface area contributed by atoms with Crippen LogP contribution in [-0.4, -0.2) is 50.0 Å². The maximum atomic E-state index is 13.4. The van der Waals surface area contributed by atoms with Crippen molar-refractivity contribution < 1.29 is 18.0 Å². The van der Waals surface area contributed by atoms with Crippen LogP contribution in [0.15, 0.2) is 48.5 Å². The van der Waals surface area contributed by atoms with Crippen LogP contribution in [0, 0.1) is 10.5 Å². The molecule has 2 aromatic carbocycles.